The maximum Gasteiger partial charge on any atom is 0.242 e. The van der Waals surface area contributed by atoms with Crippen molar-refractivity contribution in [2.24, 2.45) is 0 Å². The van der Waals surface area contributed by atoms with Crippen molar-refractivity contribution in [2.45, 2.75) is 31.7 Å². The summed E-state index contributed by atoms with van der Waals surface area (Å²) in [5.41, 5.74) is 2.69. The Morgan fingerprint density at radius 2 is 2.10 bits per heavy atom. The van der Waals surface area contributed by atoms with Crippen LogP contribution in [0.4, 0.5) is 5.95 Å². The minimum Gasteiger partial charge on any atom is -0.497 e. The first kappa shape index (κ1) is 21.1. The topological polar surface area (TPSA) is 78.9 Å². The van der Waals surface area contributed by atoms with Gasteiger partial charge in [-0.15, -0.1) is 0 Å². The maximum absolute atomic E-state index is 13.2. The highest BCUT2D eigenvalue weighted by Crippen LogP contribution is 2.38. The Balaban J connectivity index is 1.69. The third-order valence-corrected chi connectivity index (χ3v) is 5.97. The van der Waals surface area contributed by atoms with Crippen LogP contribution in [0.1, 0.15) is 37.4 Å². The van der Waals surface area contributed by atoms with E-state index in [0.717, 1.165) is 41.8 Å². The van der Waals surface area contributed by atoms with Gasteiger partial charge in [0, 0.05) is 45.4 Å². The van der Waals surface area contributed by atoms with E-state index < -0.39 is 0 Å². The predicted octanol–water partition coefficient (Wildman–Crippen LogP) is 2.50. The zero-order valence-electron chi connectivity index (χ0n) is 18.4. The van der Waals surface area contributed by atoms with E-state index in [0.29, 0.717) is 25.5 Å². The molecule has 1 aromatic carbocycles. The molecule has 2 aliphatic heterocycles. The number of amides is 2. The van der Waals surface area contributed by atoms with Crippen LogP contribution in [-0.2, 0) is 9.59 Å². The minimum atomic E-state index is -0.145. The van der Waals surface area contributed by atoms with E-state index in [9.17, 15) is 9.59 Å². The van der Waals surface area contributed by atoms with E-state index in [2.05, 4.69) is 4.98 Å². The Labute approximate surface area is 182 Å². The molecular weight excluding hydrogens is 394 g/mol. The first-order valence-electron chi connectivity index (χ1n) is 10.7. The fourth-order valence-corrected chi connectivity index (χ4v) is 4.34. The van der Waals surface area contributed by atoms with Gasteiger partial charge in [-0.3, -0.25) is 9.59 Å². The van der Waals surface area contributed by atoms with Gasteiger partial charge in [-0.05, 0) is 37.0 Å². The first-order chi connectivity index (χ1) is 15.0. The molecule has 3 heterocycles. The molecule has 1 aromatic heterocycles. The molecule has 0 unspecified atom stereocenters. The van der Waals surface area contributed by atoms with Gasteiger partial charge in [0.15, 0.2) is 0 Å². The summed E-state index contributed by atoms with van der Waals surface area (Å²) in [6.07, 6.45) is 4.93. The largest absolute Gasteiger partial charge is 0.497 e. The molecule has 4 rings (SSSR count). The molecule has 0 aliphatic carbocycles. The van der Waals surface area contributed by atoms with Crippen molar-refractivity contribution in [3.05, 3.63) is 36.2 Å². The summed E-state index contributed by atoms with van der Waals surface area (Å²) in [5, 5.41) is 0. The molecule has 2 aliphatic rings. The van der Waals surface area contributed by atoms with E-state index in [1.54, 1.807) is 12.0 Å². The lowest BCUT2D eigenvalue weighted by molar-refractivity contribution is -0.139. The Morgan fingerprint density at radius 3 is 2.81 bits per heavy atom. The highest BCUT2D eigenvalue weighted by Gasteiger charge is 2.35. The molecule has 2 saturated heterocycles. The van der Waals surface area contributed by atoms with E-state index in [-0.39, 0.29) is 24.4 Å². The third kappa shape index (κ3) is 4.33. The van der Waals surface area contributed by atoms with Crippen LogP contribution in [0, 0.1) is 0 Å². The molecule has 2 fully saturated rings. The van der Waals surface area contributed by atoms with E-state index >= 15 is 0 Å². The zero-order chi connectivity index (χ0) is 22.0. The van der Waals surface area contributed by atoms with Crippen LogP contribution >= 0.6 is 0 Å². The van der Waals surface area contributed by atoms with Crippen molar-refractivity contribution >= 4 is 17.8 Å². The second-order valence-corrected chi connectivity index (χ2v) is 8.26. The van der Waals surface area contributed by atoms with Gasteiger partial charge in [0.1, 0.15) is 5.75 Å². The van der Waals surface area contributed by atoms with Gasteiger partial charge in [0.05, 0.1) is 25.4 Å². The Bertz CT molecular complexity index is 977. The number of aromatic nitrogens is 2. The van der Waals surface area contributed by atoms with Gasteiger partial charge in [-0.1, -0.05) is 12.1 Å². The number of hydrogen-bond donors (Lipinski definition) is 0. The van der Waals surface area contributed by atoms with Crippen LogP contribution in [0.3, 0.4) is 0 Å². The van der Waals surface area contributed by atoms with Crippen molar-refractivity contribution in [2.75, 3.05) is 45.7 Å². The number of methoxy groups -OCH3 is 1. The summed E-state index contributed by atoms with van der Waals surface area (Å²) in [6, 6.07) is 7.66. The average molecular weight is 424 g/mol. The fraction of sp³-hybridized carbons (Fsp3) is 0.478. The lowest BCUT2D eigenvalue weighted by Gasteiger charge is -2.28. The SMILES string of the molecule is COc1cccc(-c2cnc(N(C)C)nc2[C@@H]2CCCN2C(=O)CN2CCCC2=O)c1. The number of carbonyl (C=O) groups excluding carboxylic acids is 2. The zero-order valence-corrected chi connectivity index (χ0v) is 18.4. The lowest BCUT2D eigenvalue weighted by atomic mass is 9.99. The highest BCUT2D eigenvalue weighted by molar-refractivity contribution is 5.86. The first-order valence-corrected chi connectivity index (χ1v) is 10.7. The molecule has 31 heavy (non-hydrogen) atoms. The van der Waals surface area contributed by atoms with Crippen LogP contribution in [-0.4, -0.2) is 72.4 Å². The quantitative estimate of drug-likeness (QED) is 0.710. The molecule has 164 valence electrons. The van der Waals surface area contributed by atoms with Crippen molar-refractivity contribution in [1.29, 1.82) is 0 Å². The summed E-state index contributed by atoms with van der Waals surface area (Å²) in [4.78, 5) is 40.0. The standard InChI is InChI=1S/C23H29N5O3/c1-26(2)23-24-14-18(16-7-4-8-17(13-16)31-3)22(25-23)19-9-5-12-28(19)21(30)15-27-11-6-10-20(27)29/h4,7-8,13-14,19H,5-6,9-12,15H2,1-3H3/t19-/m0/s1. The van der Waals surface area contributed by atoms with Crippen LogP contribution in [0.15, 0.2) is 30.5 Å². The number of anilines is 1. The molecule has 0 N–H and O–H groups in total. The van der Waals surface area contributed by atoms with Crippen LogP contribution in [0.25, 0.3) is 11.1 Å². The molecule has 0 bridgehead atoms. The molecule has 1 atom stereocenters. The number of carbonyl (C=O) groups is 2. The lowest BCUT2D eigenvalue weighted by Crippen LogP contribution is -2.40. The summed E-state index contributed by atoms with van der Waals surface area (Å²) in [7, 11) is 5.45. The van der Waals surface area contributed by atoms with Crippen molar-refractivity contribution in [1.82, 2.24) is 19.8 Å². The maximum atomic E-state index is 13.2. The molecule has 2 aromatic rings. The van der Waals surface area contributed by atoms with Gasteiger partial charge in [-0.25, -0.2) is 9.97 Å². The van der Waals surface area contributed by atoms with Crippen LogP contribution < -0.4 is 9.64 Å². The number of likely N-dealkylation sites (tertiary alicyclic amines) is 2. The summed E-state index contributed by atoms with van der Waals surface area (Å²) >= 11 is 0. The molecular formula is C23H29N5O3. The van der Waals surface area contributed by atoms with Crippen LogP contribution in [0.2, 0.25) is 0 Å². The molecule has 0 saturated carbocycles. The van der Waals surface area contributed by atoms with Crippen molar-refractivity contribution in [3.63, 3.8) is 0 Å². The smallest absolute Gasteiger partial charge is 0.242 e. The van der Waals surface area contributed by atoms with E-state index in [4.69, 9.17) is 9.72 Å². The summed E-state index contributed by atoms with van der Waals surface area (Å²) < 4.78 is 5.40. The van der Waals surface area contributed by atoms with E-state index in [1.165, 1.54) is 0 Å². The minimum absolute atomic E-state index is 0.0145. The third-order valence-electron chi connectivity index (χ3n) is 5.97. The number of hydrogen-bond acceptors (Lipinski definition) is 6. The monoisotopic (exact) mass is 423 g/mol. The number of benzene rings is 1. The number of ether oxygens (including phenoxy) is 1. The normalized spacial score (nSPS) is 18.5. The predicted molar refractivity (Wildman–Crippen MR) is 118 cm³/mol. The van der Waals surface area contributed by atoms with Gasteiger partial charge < -0.3 is 19.4 Å². The second kappa shape index (κ2) is 8.91. The Morgan fingerprint density at radius 1 is 1.26 bits per heavy atom. The Kier molecular flexibility index (Phi) is 6.06. The molecule has 0 radical (unpaired) electrons. The van der Waals surface area contributed by atoms with Crippen molar-refractivity contribution < 1.29 is 14.3 Å². The Hall–Kier alpha value is -3.16. The summed E-state index contributed by atoms with van der Waals surface area (Å²) in [5.74, 6) is 1.42. The van der Waals surface area contributed by atoms with Gasteiger partial charge in [0.25, 0.3) is 0 Å². The molecule has 8 heteroatoms. The molecule has 0 spiro atoms. The fourth-order valence-electron chi connectivity index (χ4n) is 4.34. The average Bonchev–Trinajstić information content (AvgIpc) is 3.42. The van der Waals surface area contributed by atoms with Gasteiger partial charge >= 0.3 is 0 Å². The number of nitrogens with zero attached hydrogens (tertiary/aromatic N) is 5. The van der Waals surface area contributed by atoms with Crippen molar-refractivity contribution in [3.8, 4) is 16.9 Å². The molecule has 2 amide bonds. The van der Waals surface area contributed by atoms with E-state index in [1.807, 2.05) is 54.4 Å². The second-order valence-electron chi connectivity index (χ2n) is 8.26. The summed E-state index contributed by atoms with van der Waals surface area (Å²) in [6.45, 7) is 1.48. The van der Waals surface area contributed by atoms with Crippen LogP contribution in [0.5, 0.6) is 5.75 Å². The highest BCUT2D eigenvalue weighted by atomic mass is 16.5. The molecule has 8 nitrogen and oxygen atoms in total. The van der Waals surface area contributed by atoms with Gasteiger partial charge in [0.2, 0.25) is 17.8 Å². The van der Waals surface area contributed by atoms with Gasteiger partial charge in [-0.2, -0.15) is 0 Å². The number of rotatable bonds is 6.